The predicted molar refractivity (Wildman–Crippen MR) is 46.7 cm³/mol. The number of aliphatic hydroxyl groups is 2. The van der Waals surface area contributed by atoms with Crippen LogP contribution in [0.1, 0.15) is 11.7 Å². The van der Waals surface area contributed by atoms with E-state index in [0.29, 0.717) is 0 Å². The number of aliphatic hydroxyl groups excluding tert-OH is 2. The molecule has 4 N–H and O–H groups in total. The van der Waals surface area contributed by atoms with Crippen molar-refractivity contribution in [2.75, 3.05) is 0 Å². The Morgan fingerprint density at radius 1 is 1.33 bits per heavy atom. The molecule has 2 atom stereocenters. The van der Waals surface area contributed by atoms with Gasteiger partial charge >= 0.3 is 5.97 Å². The van der Waals surface area contributed by atoms with Gasteiger partial charge in [0.05, 0.1) is 0 Å². The average Bonchev–Trinajstić information content (AvgIpc) is 2.19. The Morgan fingerprint density at radius 3 is 2.47 bits per heavy atom. The van der Waals surface area contributed by atoms with E-state index in [0.717, 1.165) is 18.2 Å². The highest BCUT2D eigenvalue weighted by atomic mass is 19.1. The molecule has 2 unspecified atom stereocenters. The first-order valence-electron chi connectivity index (χ1n) is 4.01. The van der Waals surface area contributed by atoms with Crippen LogP contribution in [-0.4, -0.2) is 32.5 Å². The van der Waals surface area contributed by atoms with E-state index in [4.69, 9.17) is 10.2 Å². The largest absolute Gasteiger partial charge is 0.508 e. The van der Waals surface area contributed by atoms with Crippen LogP contribution >= 0.6 is 0 Å². The number of halogens is 1. The van der Waals surface area contributed by atoms with Gasteiger partial charge in [0.25, 0.3) is 0 Å². The second kappa shape index (κ2) is 4.24. The fraction of sp³-hybridized carbons (Fsp3) is 0.222. The molecule has 0 aliphatic rings. The first kappa shape index (κ1) is 11.4. The lowest BCUT2D eigenvalue weighted by atomic mass is 10.0. The number of carboxylic acids is 1. The minimum Gasteiger partial charge on any atom is -0.508 e. The maximum atomic E-state index is 12.7. The molecule has 0 saturated carbocycles. The van der Waals surface area contributed by atoms with Gasteiger partial charge in [-0.05, 0) is 18.2 Å². The molecule has 0 radical (unpaired) electrons. The topological polar surface area (TPSA) is 98.0 Å². The standard InChI is InChI=1S/C9H9FO5/c10-4-1-2-6(11)5(3-4)7(12)8(13)9(14)15/h1-3,7-8,11-13H,(H,14,15). The number of phenolic OH excluding ortho intramolecular Hbond substituents is 1. The molecule has 0 heterocycles. The first-order chi connectivity index (χ1) is 6.93. The Balaban J connectivity index is 3.04. The van der Waals surface area contributed by atoms with E-state index < -0.39 is 29.7 Å². The summed E-state index contributed by atoms with van der Waals surface area (Å²) in [5.74, 6) is -2.89. The van der Waals surface area contributed by atoms with E-state index in [1.165, 1.54) is 0 Å². The number of hydrogen-bond acceptors (Lipinski definition) is 4. The van der Waals surface area contributed by atoms with E-state index in [2.05, 4.69) is 0 Å². The molecule has 0 bridgehead atoms. The zero-order valence-corrected chi connectivity index (χ0v) is 7.46. The van der Waals surface area contributed by atoms with Crippen molar-refractivity contribution in [3.05, 3.63) is 29.6 Å². The van der Waals surface area contributed by atoms with Crippen molar-refractivity contribution in [3.8, 4) is 5.75 Å². The van der Waals surface area contributed by atoms with Gasteiger partial charge in [-0.15, -0.1) is 0 Å². The van der Waals surface area contributed by atoms with E-state index >= 15 is 0 Å². The third-order valence-corrected chi connectivity index (χ3v) is 1.86. The summed E-state index contributed by atoms with van der Waals surface area (Å²) in [7, 11) is 0. The molecule has 0 aromatic heterocycles. The normalized spacial score (nSPS) is 14.6. The van der Waals surface area contributed by atoms with Crippen molar-refractivity contribution in [1.29, 1.82) is 0 Å². The monoisotopic (exact) mass is 216 g/mol. The molecule has 5 nitrogen and oxygen atoms in total. The Hall–Kier alpha value is -1.66. The zero-order valence-electron chi connectivity index (χ0n) is 7.46. The van der Waals surface area contributed by atoms with Gasteiger partial charge in [0, 0.05) is 5.56 Å². The van der Waals surface area contributed by atoms with E-state index in [1.807, 2.05) is 0 Å². The zero-order chi connectivity index (χ0) is 11.6. The lowest BCUT2D eigenvalue weighted by molar-refractivity contribution is -0.153. The summed E-state index contributed by atoms with van der Waals surface area (Å²) in [5.41, 5.74) is -0.370. The Morgan fingerprint density at radius 2 is 1.93 bits per heavy atom. The molecule has 0 aliphatic heterocycles. The van der Waals surface area contributed by atoms with Crippen LogP contribution < -0.4 is 0 Å². The fourth-order valence-corrected chi connectivity index (χ4v) is 1.07. The van der Waals surface area contributed by atoms with E-state index in [1.54, 1.807) is 0 Å². The summed E-state index contributed by atoms with van der Waals surface area (Å²) in [6, 6.07) is 2.66. The maximum absolute atomic E-state index is 12.7. The Kier molecular flexibility index (Phi) is 3.23. The molecule has 0 amide bonds. The van der Waals surface area contributed by atoms with E-state index in [-0.39, 0.29) is 5.56 Å². The molecule has 0 saturated heterocycles. The molecule has 0 fully saturated rings. The number of hydrogen-bond donors (Lipinski definition) is 4. The summed E-state index contributed by atoms with van der Waals surface area (Å²) < 4.78 is 12.7. The molecule has 6 heteroatoms. The van der Waals surface area contributed by atoms with Gasteiger partial charge in [0.15, 0.2) is 6.10 Å². The van der Waals surface area contributed by atoms with Crippen LogP contribution in [0.4, 0.5) is 4.39 Å². The number of benzene rings is 1. The molecule has 0 spiro atoms. The second-order valence-corrected chi connectivity index (χ2v) is 2.93. The Bertz CT molecular complexity index is 379. The van der Waals surface area contributed by atoms with Gasteiger partial charge in [-0.3, -0.25) is 0 Å². The van der Waals surface area contributed by atoms with Crippen molar-refractivity contribution < 1.29 is 29.6 Å². The highest BCUT2D eigenvalue weighted by Crippen LogP contribution is 2.27. The SMILES string of the molecule is O=C(O)C(O)C(O)c1cc(F)ccc1O. The predicted octanol–water partition coefficient (Wildman–Crippen LogP) is 0.0102. The minimum atomic E-state index is -2.11. The highest BCUT2D eigenvalue weighted by molar-refractivity contribution is 5.73. The lowest BCUT2D eigenvalue weighted by Gasteiger charge is -2.15. The smallest absolute Gasteiger partial charge is 0.335 e. The summed E-state index contributed by atoms with van der Waals surface area (Å²) in [6.45, 7) is 0. The first-order valence-corrected chi connectivity index (χ1v) is 4.01. The number of carbonyl (C=O) groups is 1. The summed E-state index contributed by atoms with van der Waals surface area (Å²) in [5, 5.41) is 35.9. The minimum absolute atomic E-state index is 0.370. The third kappa shape index (κ3) is 2.42. The molecule has 1 rings (SSSR count). The van der Waals surface area contributed by atoms with Crippen molar-refractivity contribution in [2.24, 2.45) is 0 Å². The second-order valence-electron chi connectivity index (χ2n) is 2.93. The molecule has 82 valence electrons. The highest BCUT2D eigenvalue weighted by Gasteiger charge is 2.27. The summed E-state index contributed by atoms with van der Waals surface area (Å²) in [6.07, 6.45) is -3.99. The molecule has 0 aliphatic carbocycles. The molecular weight excluding hydrogens is 207 g/mol. The van der Waals surface area contributed by atoms with Crippen LogP contribution in [0.15, 0.2) is 18.2 Å². The van der Waals surface area contributed by atoms with Crippen molar-refractivity contribution in [1.82, 2.24) is 0 Å². The number of aromatic hydroxyl groups is 1. The third-order valence-electron chi connectivity index (χ3n) is 1.86. The quantitative estimate of drug-likeness (QED) is 0.570. The van der Waals surface area contributed by atoms with Crippen LogP contribution in [0.5, 0.6) is 5.75 Å². The number of carboxylic acid groups (broad SMARTS) is 1. The van der Waals surface area contributed by atoms with Gasteiger partial charge in [-0.1, -0.05) is 0 Å². The molecular formula is C9H9FO5. The van der Waals surface area contributed by atoms with Gasteiger partial charge in [0.2, 0.25) is 0 Å². The molecule has 1 aromatic carbocycles. The number of phenols is 1. The average molecular weight is 216 g/mol. The Labute approximate surface area is 84.0 Å². The van der Waals surface area contributed by atoms with Crippen molar-refractivity contribution in [3.63, 3.8) is 0 Å². The number of rotatable bonds is 3. The summed E-state index contributed by atoms with van der Waals surface area (Å²) in [4.78, 5) is 10.3. The maximum Gasteiger partial charge on any atom is 0.335 e. The van der Waals surface area contributed by atoms with Crippen LogP contribution in [-0.2, 0) is 4.79 Å². The van der Waals surface area contributed by atoms with E-state index in [9.17, 15) is 19.4 Å². The van der Waals surface area contributed by atoms with Crippen LogP contribution in [0.25, 0.3) is 0 Å². The van der Waals surface area contributed by atoms with Crippen LogP contribution in [0.3, 0.4) is 0 Å². The number of aliphatic carboxylic acids is 1. The van der Waals surface area contributed by atoms with Crippen molar-refractivity contribution in [2.45, 2.75) is 12.2 Å². The van der Waals surface area contributed by atoms with Crippen molar-refractivity contribution >= 4 is 5.97 Å². The van der Waals surface area contributed by atoms with Crippen LogP contribution in [0.2, 0.25) is 0 Å². The molecule has 15 heavy (non-hydrogen) atoms. The van der Waals surface area contributed by atoms with Crippen LogP contribution in [0, 0.1) is 5.82 Å². The van der Waals surface area contributed by atoms with Gasteiger partial charge in [-0.2, -0.15) is 0 Å². The lowest BCUT2D eigenvalue weighted by Crippen LogP contribution is -2.27. The van der Waals surface area contributed by atoms with Gasteiger partial charge in [0.1, 0.15) is 17.7 Å². The molecule has 1 aromatic rings. The van der Waals surface area contributed by atoms with Gasteiger partial charge < -0.3 is 20.4 Å². The van der Waals surface area contributed by atoms with Gasteiger partial charge in [-0.25, -0.2) is 9.18 Å². The fourth-order valence-electron chi connectivity index (χ4n) is 1.07. The summed E-state index contributed by atoms with van der Waals surface area (Å²) >= 11 is 0.